The molecule has 2 aromatic rings. The molecule has 1 aromatic carbocycles. The average Bonchev–Trinajstić information content (AvgIpc) is 3.19. The largest absolute Gasteiger partial charge is 0.333 e. The van der Waals surface area contributed by atoms with Crippen molar-refractivity contribution in [2.24, 2.45) is 23.7 Å². The highest BCUT2D eigenvalue weighted by molar-refractivity contribution is 7.18. The lowest BCUT2D eigenvalue weighted by Crippen LogP contribution is -2.63. The van der Waals surface area contributed by atoms with Crippen molar-refractivity contribution in [1.29, 1.82) is 0 Å². The van der Waals surface area contributed by atoms with Crippen LogP contribution in [0.3, 0.4) is 0 Å². The molecular formula is C25H33N5O2S. The second-order valence-corrected chi connectivity index (χ2v) is 11.8. The summed E-state index contributed by atoms with van der Waals surface area (Å²) in [6.07, 6.45) is 7.22. The smallest absolute Gasteiger partial charge is 0.315 e. The number of hydrogen-bond acceptors (Lipinski definition) is 5. The zero-order chi connectivity index (χ0) is 23.2. The SMILES string of the molecule is Cc1ccc(-c2nnc(NC(=O)C(NC(=O)NC34CC5CC(CC(C5)C3)C4)C(C)C)s2)cc1. The molecule has 4 fully saturated rings. The van der Waals surface area contributed by atoms with Crippen LogP contribution in [0.1, 0.15) is 57.9 Å². The van der Waals surface area contributed by atoms with Gasteiger partial charge in [-0.3, -0.25) is 10.1 Å². The van der Waals surface area contributed by atoms with Crippen LogP contribution in [-0.4, -0.2) is 33.7 Å². The molecule has 0 radical (unpaired) electrons. The average molecular weight is 468 g/mol. The summed E-state index contributed by atoms with van der Waals surface area (Å²) in [5, 5.41) is 18.6. The van der Waals surface area contributed by atoms with Crippen LogP contribution >= 0.6 is 11.3 Å². The third kappa shape index (κ3) is 4.76. The predicted molar refractivity (Wildman–Crippen MR) is 130 cm³/mol. The van der Waals surface area contributed by atoms with E-state index in [2.05, 4.69) is 26.1 Å². The number of rotatable bonds is 6. The standard InChI is InChI=1S/C25H33N5O2S/c1-14(2)20(21(31)27-24-30-29-22(33-24)19-6-4-15(3)5-7-19)26-23(32)28-25-11-16-8-17(12-25)10-18(9-16)13-25/h4-7,14,16-18,20H,8-13H2,1-3H3,(H2,26,28,32)(H,27,30,31). The number of nitrogens with zero attached hydrogens (tertiary/aromatic N) is 2. The van der Waals surface area contributed by atoms with E-state index in [9.17, 15) is 9.59 Å². The van der Waals surface area contributed by atoms with Gasteiger partial charge in [0.25, 0.3) is 0 Å². The maximum Gasteiger partial charge on any atom is 0.315 e. The molecule has 1 atom stereocenters. The van der Waals surface area contributed by atoms with E-state index in [1.54, 1.807) is 0 Å². The molecule has 6 rings (SSSR count). The third-order valence-corrected chi connectivity index (χ3v) is 8.49. The van der Waals surface area contributed by atoms with Crippen molar-refractivity contribution in [3.8, 4) is 10.6 Å². The Balaban J connectivity index is 1.21. The van der Waals surface area contributed by atoms with Gasteiger partial charge in [0.2, 0.25) is 11.0 Å². The number of hydrogen-bond donors (Lipinski definition) is 3. The summed E-state index contributed by atoms with van der Waals surface area (Å²) >= 11 is 1.33. The Bertz CT molecular complexity index is 996. The number of anilines is 1. The van der Waals surface area contributed by atoms with E-state index in [1.165, 1.54) is 36.2 Å². The lowest BCUT2D eigenvalue weighted by atomic mass is 9.53. The van der Waals surface area contributed by atoms with E-state index in [-0.39, 0.29) is 23.4 Å². The van der Waals surface area contributed by atoms with Gasteiger partial charge in [-0.1, -0.05) is 55.0 Å². The van der Waals surface area contributed by atoms with Crippen LogP contribution in [0, 0.1) is 30.6 Å². The van der Waals surface area contributed by atoms with E-state index in [1.807, 2.05) is 45.0 Å². The number of benzene rings is 1. The predicted octanol–water partition coefficient (Wildman–Crippen LogP) is 4.74. The van der Waals surface area contributed by atoms with Gasteiger partial charge < -0.3 is 10.6 Å². The number of aromatic nitrogens is 2. The van der Waals surface area contributed by atoms with E-state index < -0.39 is 6.04 Å². The van der Waals surface area contributed by atoms with Crippen LogP contribution in [0.25, 0.3) is 10.6 Å². The van der Waals surface area contributed by atoms with Gasteiger partial charge in [0.15, 0.2) is 0 Å². The van der Waals surface area contributed by atoms with Crippen molar-refractivity contribution in [2.75, 3.05) is 5.32 Å². The number of carbonyl (C=O) groups is 2. The van der Waals surface area contributed by atoms with Crippen LogP contribution < -0.4 is 16.0 Å². The van der Waals surface area contributed by atoms with Crippen molar-refractivity contribution in [3.63, 3.8) is 0 Å². The van der Waals surface area contributed by atoms with Gasteiger partial charge >= 0.3 is 6.03 Å². The van der Waals surface area contributed by atoms with E-state index in [0.29, 0.717) is 5.13 Å². The molecule has 4 bridgehead atoms. The first-order valence-corrected chi connectivity index (χ1v) is 12.9. The molecule has 1 unspecified atom stereocenters. The summed E-state index contributed by atoms with van der Waals surface area (Å²) in [6.45, 7) is 5.91. The first kappa shape index (κ1) is 22.3. The van der Waals surface area contributed by atoms with Crippen LogP contribution in [0.15, 0.2) is 24.3 Å². The molecule has 176 valence electrons. The molecule has 7 nitrogen and oxygen atoms in total. The summed E-state index contributed by atoms with van der Waals surface area (Å²) in [5.74, 6) is 1.93. The maximum absolute atomic E-state index is 13.0. The van der Waals surface area contributed by atoms with Gasteiger partial charge in [0.05, 0.1) is 0 Å². The van der Waals surface area contributed by atoms with Crippen LogP contribution in [-0.2, 0) is 4.79 Å². The number of urea groups is 1. The molecule has 8 heteroatoms. The van der Waals surface area contributed by atoms with E-state index in [0.717, 1.165) is 47.6 Å². The lowest BCUT2D eigenvalue weighted by molar-refractivity contribution is -0.118. The summed E-state index contributed by atoms with van der Waals surface area (Å²) in [6, 6.07) is 7.16. The summed E-state index contributed by atoms with van der Waals surface area (Å²) in [4.78, 5) is 26.0. The molecule has 4 saturated carbocycles. The number of amides is 3. The Labute approximate surface area is 199 Å². The van der Waals surface area contributed by atoms with Gasteiger partial charge in [-0.2, -0.15) is 0 Å². The number of nitrogens with one attached hydrogen (secondary N) is 3. The highest BCUT2D eigenvalue weighted by Gasteiger charge is 2.51. The lowest BCUT2D eigenvalue weighted by Gasteiger charge is -2.56. The van der Waals surface area contributed by atoms with Gasteiger partial charge in [-0.05, 0) is 69.1 Å². The summed E-state index contributed by atoms with van der Waals surface area (Å²) in [7, 11) is 0. The third-order valence-electron chi connectivity index (χ3n) is 7.61. The van der Waals surface area contributed by atoms with Crippen molar-refractivity contribution in [1.82, 2.24) is 20.8 Å². The van der Waals surface area contributed by atoms with Gasteiger partial charge in [-0.25, -0.2) is 4.79 Å². The van der Waals surface area contributed by atoms with Crippen molar-refractivity contribution in [2.45, 2.75) is 70.9 Å². The molecule has 4 aliphatic rings. The molecule has 0 aliphatic heterocycles. The first-order valence-electron chi connectivity index (χ1n) is 12.1. The first-order chi connectivity index (χ1) is 15.8. The van der Waals surface area contributed by atoms with Gasteiger partial charge in [0.1, 0.15) is 11.0 Å². The Morgan fingerprint density at radius 3 is 2.18 bits per heavy atom. The van der Waals surface area contributed by atoms with Gasteiger partial charge in [0, 0.05) is 11.1 Å². The summed E-state index contributed by atoms with van der Waals surface area (Å²) < 4.78 is 0. The summed E-state index contributed by atoms with van der Waals surface area (Å²) in [5.41, 5.74) is 2.06. The van der Waals surface area contributed by atoms with Crippen LogP contribution in [0.4, 0.5) is 9.93 Å². The number of carbonyl (C=O) groups excluding carboxylic acids is 2. The Kier molecular flexibility index (Phi) is 5.89. The van der Waals surface area contributed by atoms with E-state index >= 15 is 0 Å². The molecule has 4 aliphatic carbocycles. The van der Waals surface area contributed by atoms with Crippen molar-refractivity contribution in [3.05, 3.63) is 29.8 Å². The Morgan fingerprint density at radius 2 is 1.61 bits per heavy atom. The highest BCUT2D eigenvalue weighted by atomic mass is 32.1. The Hall–Kier alpha value is -2.48. The zero-order valence-corrected chi connectivity index (χ0v) is 20.4. The molecule has 0 saturated heterocycles. The highest BCUT2D eigenvalue weighted by Crippen LogP contribution is 2.55. The van der Waals surface area contributed by atoms with Gasteiger partial charge in [-0.15, -0.1) is 10.2 Å². The second kappa shape index (κ2) is 8.70. The topological polar surface area (TPSA) is 96.0 Å². The maximum atomic E-state index is 13.0. The Morgan fingerprint density at radius 1 is 1.00 bits per heavy atom. The zero-order valence-electron chi connectivity index (χ0n) is 19.6. The quantitative estimate of drug-likeness (QED) is 0.571. The molecule has 1 heterocycles. The molecule has 3 N–H and O–H groups in total. The molecule has 0 spiro atoms. The van der Waals surface area contributed by atoms with Crippen molar-refractivity contribution < 1.29 is 9.59 Å². The minimum atomic E-state index is -0.648. The van der Waals surface area contributed by atoms with Crippen molar-refractivity contribution >= 4 is 28.4 Å². The number of aryl methyl sites for hydroxylation is 1. The minimum Gasteiger partial charge on any atom is -0.333 e. The van der Waals surface area contributed by atoms with Crippen LogP contribution in [0.5, 0.6) is 0 Å². The normalized spacial score (nSPS) is 28.5. The second-order valence-electron chi connectivity index (χ2n) is 10.8. The fourth-order valence-electron chi connectivity index (χ4n) is 6.49. The fraction of sp³-hybridized carbons (Fsp3) is 0.600. The van der Waals surface area contributed by atoms with Crippen LogP contribution in [0.2, 0.25) is 0 Å². The molecule has 1 aromatic heterocycles. The monoisotopic (exact) mass is 467 g/mol. The molecule has 33 heavy (non-hydrogen) atoms. The molecular weight excluding hydrogens is 434 g/mol. The fourth-order valence-corrected chi connectivity index (χ4v) is 7.24. The molecule has 3 amide bonds. The minimum absolute atomic E-state index is 0.0587. The van der Waals surface area contributed by atoms with E-state index in [4.69, 9.17) is 0 Å².